The number of furan rings is 1. The van der Waals surface area contributed by atoms with Gasteiger partial charge in [0.2, 0.25) is 0 Å². The summed E-state index contributed by atoms with van der Waals surface area (Å²) in [6, 6.07) is 19.9. The molecule has 2 aromatic carbocycles. The fourth-order valence-corrected chi connectivity index (χ4v) is 2.56. The van der Waals surface area contributed by atoms with Crippen LogP contribution in [0.4, 0.5) is 0 Å². The van der Waals surface area contributed by atoms with Gasteiger partial charge in [-0.15, -0.1) is 0 Å². The highest BCUT2D eigenvalue weighted by Crippen LogP contribution is 2.36. The second-order valence-corrected chi connectivity index (χ2v) is 4.85. The Kier molecular flexibility index (Phi) is 2.64. The van der Waals surface area contributed by atoms with Crippen LogP contribution in [0.5, 0.6) is 5.75 Å². The molecule has 0 bridgehead atoms. The third-order valence-corrected chi connectivity index (χ3v) is 3.58. The minimum Gasteiger partial charge on any atom is -0.493 e. The molecule has 0 unspecified atom stereocenters. The molecule has 0 saturated carbocycles. The molecule has 2 heterocycles. The smallest absolute Gasteiger partial charge is 0.195 e. The van der Waals surface area contributed by atoms with Crippen LogP contribution < -0.4 is 4.74 Å². The average Bonchev–Trinajstić information content (AvgIpc) is 2.93. The van der Waals surface area contributed by atoms with Crippen LogP contribution in [-0.4, -0.2) is 12.1 Å². The predicted octanol–water partition coefficient (Wildman–Crippen LogP) is 4.66. The summed E-state index contributed by atoms with van der Waals surface area (Å²) in [6.07, 6.45) is 0. The van der Waals surface area contributed by atoms with Crippen molar-refractivity contribution in [3.05, 3.63) is 60.7 Å². The van der Waals surface area contributed by atoms with Crippen molar-refractivity contribution in [2.24, 2.45) is 0 Å². The van der Waals surface area contributed by atoms with Crippen LogP contribution >= 0.6 is 0 Å². The van der Waals surface area contributed by atoms with Gasteiger partial charge in [0.1, 0.15) is 11.1 Å². The first-order chi connectivity index (χ1) is 10.4. The maximum absolute atomic E-state index is 5.88. The van der Waals surface area contributed by atoms with Crippen molar-refractivity contribution >= 4 is 22.1 Å². The molecular weight excluding hydrogens is 262 g/mol. The minimum atomic E-state index is 0.693. The first-order valence-corrected chi connectivity index (χ1v) is 6.78. The Bertz CT molecular complexity index is 926. The number of hydrogen-bond acceptors (Lipinski definition) is 3. The second kappa shape index (κ2) is 4.63. The van der Waals surface area contributed by atoms with Gasteiger partial charge in [-0.1, -0.05) is 42.5 Å². The van der Waals surface area contributed by atoms with Crippen LogP contribution in [-0.2, 0) is 0 Å². The van der Waals surface area contributed by atoms with E-state index in [2.05, 4.69) is 0 Å². The molecule has 0 N–H and O–H groups in total. The van der Waals surface area contributed by atoms with Gasteiger partial charge in [0, 0.05) is 17.0 Å². The van der Waals surface area contributed by atoms with E-state index in [4.69, 9.17) is 14.1 Å². The molecule has 4 rings (SSSR count). The fourth-order valence-electron chi connectivity index (χ4n) is 2.56. The lowest BCUT2D eigenvalue weighted by molar-refractivity contribution is 0.412. The standard InChI is InChI=1S/C18H13NO2/c1-20-16-11-14(12-7-3-2-4-8-12)19-17-13-9-5-6-10-15(13)21-18(16)17/h2-11H,1H3. The summed E-state index contributed by atoms with van der Waals surface area (Å²) < 4.78 is 11.4. The van der Waals surface area contributed by atoms with E-state index >= 15 is 0 Å². The van der Waals surface area contributed by atoms with Gasteiger partial charge in [-0.25, -0.2) is 4.98 Å². The lowest BCUT2D eigenvalue weighted by Gasteiger charge is -2.05. The largest absolute Gasteiger partial charge is 0.493 e. The number of fused-ring (bicyclic) bond motifs is 3. The Labute approximate surface area is 121 Å². The molecule has 0 aliphatic rings. The van der Waals surface area contributed by atoms with Crippen LogP contribution in [0.25, 0.3) is 33.3 Å². The van der Waals surface area contributed by atoms with Crippen LogP contribution in [0.2, 0.25) is 0 Å². The highest BCUT2D eigenvalue weighted by Gasteiger charge is 2.15. The van der Waals surface area contributed by atoms with Gasteiger partial charge < -0.3 is 9.15 Å². The van der Waals surface area contributed by atoms with E-state index in [0.29, 0.717) is 11.3 Å². The van der Waals surface area contributed by atoms with Gasteiger partial charge >= 0.3 is 0 Å². The van der Waals surface area contributed by atoms with Crippen LogP contribution in [0.3, 0.4) is 0 Å². The number of ether oxygens (including phenoxy) is 1. The predicted molar refractivity (Wildman–Crippen MR) is 83.5 cm³/mol. The van der Waals surface area contributed by atoms with Crippen molar-refractivity contribution in [3.63, 3.8) is 0 Å². The summed E-state index contributed by atoms with van der Waals surface area (Å²) in [4.78, 5) is 4.77. The quantitative estimate of drug-likeness (QED) is 0.534. The van der Waals surface area contributed by atoms with Crippen molar-refractivity contribution in [2.45, 2.75) is 0 Å². The molecular formula is C18H13NO2. The zero-order chi connectivity index (χ0) is 14.2. The highest BCUT2D eigenvalue weighted by molar-refractivity contribution is 6.05. The summed E-state index contributed by atoms with van der Waals surface area (Å²) in [5, 5.41) is 1.00. The van der Waals surface area contributed by atoms with Gasteiger partial charge in [-0.2, -0.15) is 0 Å². The Morgan fingerprint density at radius 1 is 0.952 bits per heavy atom. The average molecular weight is 275 g/mol. The number of pyridine rings is 1. The normalized spacial score (nSPS) is 11.1. The molecule has 0 atom stereocenters. The summed E-state index contributed by atoms with van der Waals surface area (Å²) in [6.45, 7) is 0. The number of methoxy groups -OCH3 is 1. The maximum atomic E-state index is 5.88. The Balaban J connectivity index is 2.08. The number of aromatic nitrogens is 1. The minimum absolute atomic E-state index is 0.693. The second-order valence-electron chi connectivity index (χ2n) is 4.85. The number of para-hydroxylation sites is 1. The summed E-state index contributed by atoms with van der Waals surface area (Å²) in [5.41, 5.74) is 4.29. The lowest BCUT2D eigenvalue weighted by atomic mass is 10.1. The van der Waals surface area contributed by atoms with Crippen LogP contribution in [0, 0.1) is 0 Å². The Morgan fingerprint density at radius 2 is 1.71 bits per heavy atom. The lowest BCUT2D eigenvalue weighted by Crippen LogP contribution is -1.89. The molecule has 2 aromatic heterocycles. The molecule has 21 heavy (non-hydrogen) atoms. The van der Waals surface area contributed by atoms with Gasteiger partial charge in [-0.3, -0.25) is 0 Å². The Hall–Kier alpha value is -2.81. The number of hydrogen-bond donors (Lipinski definition) is 0. The van der Waals surface area contributed by atoms with Gasteiger partial charge in [0.05, 0.1) is 12.8 Å². The van der Waals surface area contributed by atoms with Crippen molar-refractivity contribution in [1.29, 1.82) is 0 Å². The topological polar surface area (TPSA) is 35.3 Å². The van der Waals surface area contributed by atoms with Gasteiger partial charge in [0.15, 0.2) is 11.3 Å². The summed E-state index contributed by atoms with van der Waals surface area (Å²) in [5.74, 6) is 0.704. The first-order valence-electron chi connectivity index (χ1n) is 6.78. The van der Waals surface area contributed by atoms with Crippen molar-refractivity contribution in [2.75, 3.05) is 7.11 Å². The summed E-state index contributed by atoms with van der Waals surface area (Å²) in [7, 11) is 1.65. The van der Waals surface area contributed by atoms with Gasteiger partial charge in [-0.05, 0) is 12.1 Å². The molecule has 3 nitrogen and oxygen atoms in total. The van der Waals surface area contributed by atoms with Gasteiger partial charge in [0.25, 0.3) is 0 Å². The molecule has 0 amide bonds. The Morgan fingerprint density at radius 3 is 2.52 bits per heavy atom. The molecule has 102 valence electrons. The third kappa shape index (κ3) is 1.86. The molecule has 0 aliphatic heterocycles. The van der Waals surface area contributed by atoms with E-state index in [1.807, 2.05) is 60.7 Å². The molecule has 3 heteroatoms. The fraction of sp³-hybridized carbons (Fsp3) is 0.0556. The maximum Gasteiger partial charge on any atom is 0.195 e. The van der Waals surface area contributed by atoms with E-state index in [1.54, 1.807) is 7.11 Å². The van der Waals surface area contributed by atoms with E-state index in [9.17, 15) is 0 Å². The third-order valence-electron chi connectivity index (χ3n) is 3.58. The molecule has 0 spiro atoms. The molecule has 0 fully saturated rings. The molecule has 4 aromatic rings. The zero-order valence-electron chi connectivity index (χ0n) is 11.5. The molecule has 0 radical (unpaired) electrons. The number of benzene rings is 2. The molecule has 0 aliphatic carbocycles. The molecule has 0 saturated heterocycles. The first kappa shape index (κ1) is 12.0. The van der Waals surface area contributed by atoms with E-state index in [1.165, 1.54) is 0 Å². The van der Waals surface area contributed by atoms with E-state index in [-0.39, 0.29) is 0 Å². The summed E-state index contributed by atoms with van der Waals surface area (Å²) >= 11 is 0. The van der Waals surface area contributed by atoms with E-state index in [0.717, 1.165) is 27.7 Å². The monoisotopic (exact) mass is 275 g/mol. The number of rotatable bonds is 2. The SMILES string of the molecule is COc1cc(-c2ccccc2)nc2c1oc1ccccc12. The van der Waals surface area contributed by atoms with Crippen molar-refractivity contribution in [1.82, 2.24) is 4.98 Å². The number of nitrogens with zero attached hydrogens (tertiary/aromatic N) is 1. The van der Waals surface area contributed by atoms with Crippen LogP contribution in [0.1, 0.15) is 0 Å². The van der Waals surface area contributed by atoms with E-state index < -0.39 is 0 Å². The zero-order valence-corrected chi connectivity index (χ0v) is 11.5. The van der Waals surface area contributed by atoms with Crippen molar-refractivity contribution in [3.8, 4) is 17.0 Å². The van der Waals surface area contributed by atoms with Crippen LogP contribution in [0.15, 0.2) is 65.1 Å². The van der Waals surface area contributed by atoms with Crippen molar-refractivity contribution < 1.29 is 9.15 Å². The highest BCUT2D eigenvalue weighted by atomic mass is 16.5.